The summed E-state index contributed by atoms with van der Waals surface area (Å²) in [5.41, 5.74) is 2.04. The second kappa shape index (κ2) is 6.93. The summed E-state index contributed by atoms with van der Waals surface area (Å²) >= 11 is 3.28. The van der Waals surface area contributed by atoms with E-state index in [2.05, 4.69) is 41.7 Å². The van der Waals surface area contributed by atoms with Crippen LogP contribution in [0.3, 0.4) is 0 Å². The smallest absolute Gasteiger partial charge is 0.353 e. The number of sulfonamides is 1. The Morgan fingerprint density at radius 1 is 1.11 bits per heavy atom. The maximum absolute atomic E-state index is 13.0. The Balaban J connectivity index is 2.01. The van der Waals surface area contributed by atoms with E-state index in [9.17, 15) is 18.3 Å². The van der Waals surface area contributed by atoms with E-state index in [0.717, 1.165) is 5.56 Å². The molecule has 0 radical (unpaired) electrons. The van der Waals surface area contributed by atoms with Crippen molar-refractivity contribution < 1.29 is 18.3 Å². The summed E-state index contributed by atoms with van der Waals surface area (Å²) in [6.07, 6.45) is 0. The minimum absolute atomic E-state index is 0.0235. The number of halogens is 1. The van der Waals surface area contributed by atoms with Gasteiger partial charge in [0.25, 0.3) is 10.0 Å². The van der Waals surface area contributed by atoms with Crippen LogP contribution in [0.1, 0.15) is 36.8 Å². The van der Waals surface area contributed by atoms with Crippen LogP contribution >= 0.6 is 15.9 Å². The van der Waals surface area contributed by atoms with E-state index in [1.54, 1.807) is 30.3 Å². The van der Waals surface area contributed by atoms with Gasteiger partial charge in [-0.25, -0.2) is 13.2 Å². The van der Waals surface area contributed by atoms with Gasteiger partial charge in [-0.3, -0.25) is 4.31 Å². The van der Waals surface area contributed by atoms with Crippen molar-refractivity contribution in [3.8, 4) is 0 Å². The van der Waals surface area contributed by atoms with Crippen LogP contribution in [0.25, 0.3) is 10.9 Å². The molecule has 0 saturated carbocycles. The molecule has 8 heteroatoms. The minimum atomic E-state index is -3.75. The number of nitrogens with one attached hydrogen (secondary N) is 1. The van der Waals surface area contributed by atoms with E-state index in [0.29, 0.717) is 21.1 Å². The van der Waals surface area contributed by atoms with Crippen molar-refractivity contribution >= 4 is 48.5 Å². The number of benzene rings is 2. The number of fused-ring (bicyclic) bond motifs is 1. The monoisotopic (exact) mass is 464 g/mol. The maximum Gasteiger partial charge on any atom is 0.353 e. The van der Waals surface area contributed by atoms with E-state index in [-0.39, 0.29) is 16.0 Å². The highest BCUT2D eigenvalue weighted by atomic mass is 79.9. The fourth-order valence-corrected chi connectivity index (χ4v) is 4.70. The number of rotatable bonds is 4. The molecule has 3 aromatic rings. The molecule has 0 atom stereocenters. The van der Waals surface area contributed by atoms with Crippen LogP contribution in [0.5, 0.6) is 0 Å². The molecular formula is C20H21BrN2O4S. The summed E-state index contributed by atoms with van der Waals surface area (Å²) in [4.78, 5) is 14.3. The van der Waals surface area contributed by atoms with E-state index >= 15 is 0 Å². The molecule has 0 bridgehead atoms. The number of carboxylic acid groups (broad SMARTS) is 1. The normalized spacial score (nSPS) is 12.3. The van der Waals surface area contributed by atoms with Gasteiger partial charge in [0.1, 0.15) is 5.69 Å². The zero-order valence-corrected chi connectivity index (χ0v) is 18.3. The SMILES string of the molecule is CN(c1ccc2[nH]c(C(=O)O)c(Br)c2c1)S(=O)(=O)c1ccc(C(C)(C)C)cc1. The number of hydrogen-bond donors (Lipinski definition) is 2. The molecule has 0 aliphatic heterocycles. The van der Waals surface area contributed by atoms with Gasteiger partial charge in [0.15, 0.2) is 0 Å². The van der Waals surface area contributed by atoms with Crippen molar-refractivity contribution in [2.45, 2.75) is 31.1 Å². The minimum Gasteiger partial charge on any atom is -0.477 e. The molecular weight excluding hydrogens is 444 g/mol. The van der Waals surface area contributed by atoms with E-state index in [1.165, 1.54) is 11.4 Å². The molecule has 3 rings (SSSR count). The number of aromatic carboxylic acids is 1. The van der Waals surface area contributed by atoms with Crippen LogP contribution in [0.15, 0.2) is 51.8 Å². The lowest BCUT2D eigenvalue weighted by Crippen LogP contribution is -2.26. The topological polar surface area (TPSA) is 90.5 Å². The summed E-state index contributed by atoms with van der Waals surface area (Å²) in [5.74, 6) is -1.09. The Morgan fingerprint density at radius 2 is 1.71 bits per heavy atom. The molecule has 0 fully saturated rings. The summed E-state index contributed by atoms with van der Waals surface area (Å²) in [6, 6.07) is 11.8. The van der Waals surface area contributed by atoms with Gasteiger partial charge in [0.2, 0.25) is 0 Å². The maximum atomic E-state index is 13.0. The molecule has 1 heterocycles. The average molecular weight is 465 g/mol. The van der Waals surface area contributed by atoms with Gasteiger partial charge < -0.3 is 10.1 Å². The highest BCUT2D eigenvalue weighted by Gasteiger charge is 2.24. The Bertz CT molecular complexity index is 1160. The van der Waals surface area contributed by atoms with Crippen LogP contribution in [-0.4, -0.2) is 31.5 Å². The summed E-state index contributed by atoms with van der Waals surface area (Å²) in [7, 11) is -2.27. The van der Waals surface area contributed by atoms with Gasteiger partial charge in [0.05, 0.1) is 15.1 Å². The van der Waals surface area contributed by atoms with Crippen LogP contribution in [-0.2, 0) is 15.4 Å². The zero-order chi connectivity index (χ0) is 20.9. The lowest BCUT2D eigenvalue weighted by Gasteiger charge is -2.22. The molecule has 0 aliphatic carbocycles. The Kier molecular flexibility index (Phi) is 5.05. The van der Waals surface area contributed by atoms with Gasteiger partial charge in [0, 0.05) is 18.0 Å². The molecule has 2 aromatic carbocycles. The number of aromatic nitrogens is 1. The first-order chi connectivity index (χ1) is 12.9. The van der Waals surface area contributed by atoms with Gasteiger partial charge >= 0.3 is 5.97 Å². The van der Waals surface area contributed by atoms with Crippen molar-refractivity contribution in [2.75, 3.05) is 11.4 Å². The van der Waals surface area contributed by atoms with Gasteiger partial charge in [-0.05, 0) is 57.2 Å². The number of nitrogens with zero attached hydrogens (tertiary/aromatic N) is 1. The molecule has 28 heavy (non-hydrogen) atoms. The van der Waals surface area contributed by atoms with E-state index < -0.39 is 16.0 Å². The van der Waals surface area contributed by atoms with Crippen molar-refractivity contribution in [1.29, 1.82) is 0 Å². The lowest BCUT2D eigenvalue weighted by atomic mass is 9.87. The highest BCUT2D eigenvalue weighted by molar-refractivity contribution is 9.10. The number of carboxylic acids is 1. The molecule has 6 nitrogen and oxygen atoms in total. The molecule has 0 saturated heterocycles. The molecule has 148 valence electrons. The van der Waals surface area contributed by atoms with Crippen LogP contribution in [0.4, 0.5) is 5.69 Å². The Morgan fingerprint density at radius 3 is 2.25 bits per heavy atom. The van der Waals surface area contributed by atoms with Crippen molar-refractivity contribution in [2.24, 2.45) is 0 Å². The molecule has 0 amide bonds. The first-order valence-electron chi connectivity index (χ1n) is 8.57. The van der Waals surface area contributed by atoms with Crippen molar-refractivity contribution in [3.05, 3.63) is 58.2 Å². The molecule has 0 aliphatic rings. The third-order valence-electron chi connectivity index (χ3n) is 4.67. The number of carbonyl (C=O) groups is 1. The molecule has 0 spiro atoms. The predicted octanol–water partition coefficient (Wildman–Crippen LogP) is 4.75. The Hall–Kier alpha value is -2.32. The first-order valence-corrected chi connectivity index (χ1v) is 10.8. The first kappa shape index (κ1) is 20.4. The standard InChI is InChI=1S/C20H21BrN2O4S/c1-20(2,3)12-5-8-14(9-6-12)28(26,27)23(4)13-7-10-16-15(11-13)17(21)18(22-16)19(24)25/h5-11,22H,1-4H3,(H,24,25). The summed E-state index contributed by atoms with van der Waals surface area (Å²) in [6.45, 7) is 6.20. The summed E-state index contributed by atoms with van der Waals surface area (Å²) in [5, 5.41) is 9.83. The van der Waals surface area contributed by atoms with Crippen LogP contribution in [0, 0.1) is 0 Å². The van der Waals surface area contributed by atoms with Crippen LogP contribution < -0.4 is 4.31 Å². The molecule has 0 unspecified atom stereocenters. The number of anilines is 1. The largest absolute Gasteiger partial charge is 0.477 e. The fraction of sp³-hybridized carbons (Fsp3) is 0.250. The second-order valence-corrected chi connectivity index (χ2v) is 10.4. The van der Waals surface area contributed by atoms with E-state index in [4.69, 9.17) is 0 Å². The third-order valence-corrected chi connectivity index (χ3v) is 7.30. The number of hydrogen-bond acceptors (Lipinski definition) is 3. The number of H-pyrrole nitrogens is 1. The molecule has 2 N–H and O–H groups in total. The summed E-state index contributed by atoms with van der Waals surface area (Å²) < 4.78 is 27.7. The van der Waals surface area contributed by atoms with Crippen molar-refractivity contribution in [1.82, 2.24) is 4.98 Å². The van der Waals surface area contributed by atoms with Gasteiger partial charge in [-0.2, -0.15) is 0 Å². The van der Waals surface area contributed by atoms with Crippen molar-refractivity contribution in [3.63, 3.8) is 0 Å². The fourth-order valence-electron chi connectivity index (χ4n) is 2.91. The van der Waals surface area contributed by atoms with Crippen LogP contribution in [0.2, 0.25) is 0 Å². The lowest BCUT2D eigenvalue weighted by molar-refractivity contribution is 0.0690. The Labute approximate surface area is 172 Å². The highest BCUT2D eigenvalue weighted by Crippen LogP contribution is 2.33. The van der Waals surface area contributed by atoms with E-state index in [1.807, 2.05) is 12.1 Å². The quantitative estimate of drug-likeness (QED) is 0.582. The zero-order valence-electron chi connectivity index (χ0n) is 15.9. The number of aromatic amines is 1. The second-order valence-electron chi connectivity index (χ2n) is 7.60. The third kappa shape index (κ3) is 3.54. The predicted molar refractivity (Wildman–Crippen MR) is 114 cm³/mol. The van der Waals surface area contributed by atoms with Gasteiger partial charge in [-0.1, -0.05) is 32.9 Å². The molecule has 1 aromatic heterocycles. The average Bonchev–Trinajstić information content (AvgIpc) is 2.97. The van der Waals surface area contributed by atoms with Gasteiger partial charge in [-0.15, -0.1) is 0 Å².